The molecule has 0 fully saturated rings. The molecule has 0 unspecified atom stereocenters. The molecule has 0 atom stereocenters. The summed E-state index contributed by atoms with van der Waals surface area (Å²) in [5.74, 6) is -1.96. The zero-order chi connectivity index (χ0) is 13.1. The monoisotopic (exact) mass is 248 g/mol. The second-order valence-corrected chi connectivity index (χ2v) is 3.77. The Kier molecular flexibility index (Phi) is 3.32. The van der Waals surface area contributed by atoms with Crippen LogP contribution in [0.1, 0.15) is 15.9 Å². The molecule has 5 heteroatoms. The van der Waals surface area contributed by atoms with Gasteiger partial charge in [0.15, 0.2) is 0 Å². The third-order valence-corrected chi connectivity index (χ3v) is 2.44. The van der Waals surface area contributed by atoms with E-state index in [1.54, 1.807) is 6.92 Å². The van der Waals surface area contributed by atoms with Crippen LogP contribution in [0, 0.1) is 18.6 Å². The highest BCUT2D eigenvalue weighted by atomic mass is 19.1. The molecule has 0 aliphatic rings. The van der Waals surface area contributed by atoms with E-state index in [9.17, 15) is 13.6 Å². The molecule has 1 N–H and O–H groups in total. The Morgan fingerprint density at radius 1 is 1.28 bits per heavy atom. The predicted molar refractivity (Wildman–Crippen MR) is 63.3 cm³/mol. The summed E-state index contributed by atoms with van der Waals surface area (Å²) in [6.45, 7) is 1.73. The van der Waals surface area contributed by atoms with Crippen molar-refractivity contribution in [3.8, 4) is 0 Å². The van der Waals surface area contributed by atoms with Crippen molar-refractivity contribution in [3.63, 3.8) is 0 Å². The van der Waals surface area contributed by atoms with Gasteiger partial charge in [-0.05, 0) is 30.7 Å². The lowest BCUT2D eigenvalue weighted by molar-refractivity contribution is 0.102. The predicted octanol–water partition coefficient (Wildman–Crippen LogP) is 2.92. The topological polar surface area (TPSA) is 42.0 Å². The average molecular weight is 248 g/mol. The number of anilines is 1. The molecule has 1 aromatic carbocycles. The molecule has 0 saturated heterocycles. The van der Waals surface area contributed by atoms with Crippen molar-refractivity contribution < 1.29 is 13.6 Å². The second kappa shape index (κ2) is 4.91. The van der Waals surface area contributed by atoms with Crippen molar-refractivity contribution in [1.82, 2.24) is 4.98 Å². The quantitative estimate of drug-likeness (QED) is 0.887. The first-order valence-electron chi connectivity index (χ1n) is 5.25. The molecule has 2 rings (SSSR count). The number of amides is 1. The van der Waals surface area contributed by atoms with Crippen molar-refractivity contribution >= 4 is 11.6 Å². The molecule has 0 radical (unpaired) electrons. The van der Waals surface area contributed by atoms with Crippen LogP contribution in [0.3, 0.4) is 0 Å². The van der Waals surface area contributed by atoms with E-state index >= 15 is 0 Å². The van der Waals surface area contributed by atoms with Crippen molar-refractivity contribution in [2.75, 3.05) is 5.32 Å². The van der Waals surface area contributed by atoms with Gasteiger partial charge in [-0.2, -0.15) is 0 Å². The lowest BCUT2D eigenvalue weighted by atomic mass is 10.1. The maximum Gasteiger partial charge on any atom is 0.256 e. The maximum atomic E-state index is 13.4. The van der Waals surface area contributed by atoms with Crippen LogP contribution in [0.4, 0.5) is 14.5 Å². The fourth-order valence-corrected chi connectivity index (χ4v) is 1.51. The number of aromatic nitrogens is 1. The molecule has 0 saturated carbocycles. The number of benzene rings is 1. The average Bonchev–Trinajstić information content (AvgIpc) is 2.33. The molecule has 3 nitrogen and oxygen atoms in total. The number of aryl methyl sites for hydroxylation is 1. The lowest BCUT2D eigenvalue weighted by Crippen LogP contribution is -2.14. The zero-order valence-corrected chi connectivity index (χ0v) is 9.58. The normalized spacial score (nSPS) is 10.2. The number of pyridine rings is 1. The minimum atomic E-state index is -0.810. The van der Waals surface area contributed by atoms with Gasteiger partial charge >= 0.3 is 0 Å². The minimum absolute atomic E-state index is 0.0578. The van der Waals surface area contributed by atoms with E-state index in [1.807, 2.05) is 0 Å². The van der Waals surface area contributed by atoms with Gasteiger partial charge < -0.3 is 5.32 Å². The van der Waals surface area contributed by atoms with Crippen LogP contribution < -0.4 is 5.32 Å². The molecule has 1 aromatic heterocycles. The molecule has 0 aliphatic carbocycles. The van der Waals surface area contributed by atoms with E-state index in [-0.39, 0.29) is 5.69 Å². The number of nitrogens with one attached hydrogen (secondary N) is 1. The zero-order valence-electron chi connectivity index (χ0n) is 9.58. The molecular weight excluding hydrogens is 238 g/mol. The minimum Gasteiger partial charge on any atom is -0.319 e. The fourth-order valence-electron chi connectivity index (χ4n) is 1.51. The molecule has 1 amide bonds. The van der Waals surface area contributed by atoms with Crippen molar-refractivity contribution in [2.24, 2.45) is 0 Å². The van der Waals surface area contributed by atoms with E-state index in [2.05, 4.69) is 10.3 Å². The van der Waals surface area contributed by atoms with Crippen LogP contribution in [0.2, 0.25) is 0 Å². The molecule has 0 aliphatic heterocycles. The van der Waals surface area contributed by atoms with Crippen LogP contribution in [0.25, 0.3) is 0 Å². The van der Waals surface area contributed by atoms with Crippen LogP contribution in [-0.4, -0.2) is 10.9 Å². The Labute approximate surface area is 102 Å². The van der Waals surface area contributed by atoms with Gasteiger partial charge in [0.25, 0.3) is 5.91 Å². The van der Waals surface area contributed by atoms with Crippen LogP contribution in [0.15, 0.2) is 36.7 Å². The molecule has 0 spiro atoms. The van der Waals surface area contributed by atoms with Gasteiger partial charge in [-0.3, -0.25) is 9.78 Å². The first-order chi connectivity index (χ1) is 8.58. The molecule has 18 heavy (non-hydrogen) atoms. The molecule has 1 heterocycles. The third kappa shape index (κ3) is 2.51. The van der Waals surface area contributed by atoms with E-state index in [4.69, 9.17) is 0 Å². The Bertz CT molecular complexity index is 599. The van der Waals surface area contributed by atoms with E-state index in [0.717, 1.165) is 12.1 Å². The smallest absolute Gasteiger partial charge is 0.256 e. The molecule has 0 bridgehead atoms. The van der Waals surface area contributed by atoms with Gasteiger partial charge in [-0.1, -0.05) is 0 Å². The SMILES string of the molecule is Cc1cnccc1C(=O)Nc1ccc(F)cc1F. The molecular formula is C13H10F2N2O. The highest BCUT2D eigenvalue weighted by Crippen LogP contribution is 2.16. The first kappa shape index (κ1) is 12.2. The second-order valence-electron chi connectivity index (χ2n) is 3.77. The largest absolute Gasteiger partial charge is 0.319 e. The van der Waals surface area contributed by atoms with Gasteiger partial charge in [0.2, 0.25) is 0 Å². The van der Waals surface area contributed by atoms with Gasteiger partial charge in [-0.25, -0.2) is 8.78 Å². The summed E-state index contributed by atoms with van der Waals surface area (Å²) in [6.07, 6.45) is 3.01. The summed E-state index contributed by atoms with van der Waals surface area (Å²) in [5.41, 5.74) is 1.02. The highest BCUT2D eigenvalue weighted by Gasteiger charge is 2.11. The number of rotatable bonds is 2. The Balaban J connectivity index is 2.24. The van der Waals surface area contributed by atoms with Gasteiger partial charge in [0.1, 0.15) is 11.6 Å². The van der Waals surface area contributed by atoms with Crippen LogP contribution >= 0.6 is 0 Å². The van der Waals surface area contributed by atoms with Crippen LogP contribution in [-0.2, 0) is 0 Å². The number of nitrogens with zero attached hydrogens (tertiary/aromatic N) is 1. The van der Waals surface area contributed by atoms with Gasteiger partial charge in [-0.15, -0.1) is 0 Å². The number of carbonyl (C=O) groups is 1. The third-order valence-electron chi connectivity index (χ3n) is 2.44. The number of carbonyl (C=O) groups excluding carboxylic acids is 1. The number of halogens is 2. The van der Waals surface area contributed by atoms with Crippen molar-refractivity contribution in [1.29, 1.82) is 0 Å². The molecule has 2 aromatic rings. The van der Waals surface area contributed by atoms with E-state index in [1.165, 1.54) is 24.5 Å². The Hall–Kier alpha value is -2.30. The Morgan fingerprint density at radius 2 is 2.06 bits per heavy atom. The maximum absolute atomic E-state index is 13.4. The highest BCUT2D eigenvalue weighted by molar-refractivity contribution is 6.05. The van der Waals surface area contributed by atoms with Gasteiger partial charge in [0.05, 0.1) is 5.69 Å². The summed E-state index contributed by atoms with van der Waals surface area (Å²) in [6, 6.07) is 4.51. The van der Waals surface area contributed by atoms with Gasteiger partial charge in [0, 0.05) is 24.0 Å². The summed E-state index contributed by atoms with van der Waals surface area (Å²) in [5, 5.41) is 2.39. The van der Waals surface area contributed by atoms with E-state index < -0.39 is 17.5 Å². The number of hydrogen-bond donors (Lipinski definition) is 1. The van der Waals surface area contributed by atoms with Crippen molar-refractivity contribution in [2.45, 2.75) is 6.92 Å². The Morgan fingerprint density at radius 3 is 2.72 bits per heavy atom. The van der Waals surface area contributed by atoms with Crippen LogP contribution in [0.5, 0.6) is 0 Å². The van der Waals surface area contributed by atoms with Crippen molar-refractivity contribution in [3.05, 3.63) is 59.4 Å². The van der Waals surface area contributed by atoms with E-state index in [0.29, 0.717) is 11.1 Å². The molecule has 92 valence electrons. The standard InChI is InChI=1S/C13H10F2N2O/c1-8-7-16-5-4-10(8)13(18)17-12-3-2-9(14)6-11(12)15/h2-7H,1H3,(H,17,18). The summed E-state index contributed by atoms with van der Waals surface area (Å²) < 4.78 is 26.1. The fraction of sp³-hybridized carbons (Fsp3) is 0.0769. The lowest BCUT2D eigenvalue weighted by Gasteiger charge is -2.08. The summed E-state index contributed by atoms with van der Waals surface area (Å²) in [7, 11) is 0. The number of hydrogen-bond acceptors (Lipinski definition) is 2. The summed E-state index contributed by atoms with van der Waals surface area (Å²) >= 11 is 0. The first-order valence-corrected chi connectivity index (χ1v) is 5.25. The summed E-state index contributed by atoms with van der Waals surface area (Å²) in [4.78, 5) is 15.7.